The minimum atomic E-state index is -1.25. The lowest BCUT2D eigenvalue weighted by Gasteiger charge is -2.34. The molecule has 0 saturated carbocycles. The van der Waals surface area contributed by atoms with Gasteiger partial charge in [0.15, 0.2) is 0 Å². The summed E-state index contributed by atoms with van der Waals surface area (Å²) >= 11 is 0. The average molecular weight is 264 g/mol. The van der Waals surface area contributed by atoms with Crippen molar-refractivity contribution in [1.29, 1.82) is 0 Å². The predicted molar refractivity (Wildman–Crippen MR) is 74.3 cm³/mol. The van der Waals surface area contributed by atoms with Crippen molar-refractivity contribution >= 4 is 17.7 Å². The SMILES string of the molecule is CCN(C(=O)Nc1cccc(C)c1)C(C)(C)C(=O)O. The predicted octanol–water partition coefficient (Wildman–Crippen LogP) is 2.71. The van der Waals surface area contributed by atoms with Crippen molar-refractivity contribution in [1.82, 2.24) is 4.90 Å². The molecule has 0 aromatic heterocycles. The first-order valence-corrected chi connectivity index (χ1v) is 6.17. The van der Waals surface area contributed by atoms with E-state index in [9.17, 15) is 14.7 Å². The van der Waals surface area contributed by atoms with Gasteiger partial charge in [-0.05, 0) is 45.4 Å². The highest BCUT2D eigenvalue weighted by molar-refractivity contribution is 5.93. The van der Waals surface area contributed by atoms with E-state index in [1.807, 2.05) is 25.1 Å². The summed E-state index contributed by atoms with van der Waals surface area (Å²) in [6, 6.07) is 6.95. The summed E-state index contributed by atoms with van der Waals surface area (Å²) in [7, 11) is 0. The Kier molecular flexibility index (Phi) is 4.53. The van der Waals surface area contributed by atoms with E-state index >= 15 is 0 Å². The Hall–Kier alpha value is -2.04. The molecule has 0 atom stereocenters. The van der Waals surface area contributed by atoms with Crippen LogP contribution in [0.5, 0.6) is 0 Å². The molecular formula is C14H20N2O3. The van der Waals surface area contributed by atoms with Crippen LogP contribution in [0.25, 0.3) is 0 Å². The van der Waals surface area contributed by atoms with Gasteiger partial charge in [-0.15, -0.1) is 0 Å². The zero-order valence-corrected chi connectivity index (χ0v) is 11.7. The minimum absolute atomic E-state index is 0.316. The summed E-state index contributed by atoms with van der Waals surface area (Å²) in [5, 5.41) is 11.9. The normalized spacial score (nSPS) is 10.9. The number of hydrogen-bond donors (Lipinski definition) is 2. The lowest BCUT2D eigenvalue weighted by molar-refractivity contribution is -0.147. The molecule has 0 aliphatic rings. The highest BCUT2D eigenvalue weighted by Crippen LogP contribution is 2.17. The number of aliphatic carboxylic acids is 1. The van der Waals surface area contributed by atoms with Gasteiger partial charge >= 0.3 is 12.0 Å². The second kappa shape index (κ2) is 5.73. The molecule has 5 nitrogen and oxygen atoms in total. The van der Waals surface area contributed by atoms with Gasteiger partial charge in [-0.25, -0.2) is 9.59 Å². The third-order valence-corrected chi connectivity index (χ3v) is 3.03. The lowest BCUT2D eigenvalue weighted by Crippen LogP contribution is -2.54. The molecule has 0 heterocycles. The van der Waals surface area contributed by atoms with Crippen molar-refractivity contribution in [3.63, 3.8) is 0 Å². The maximum Gasteiger partial charge on any atom is 0.329 e. The highest BCUT2D eigenvalue weighted by Gasteiger charge is 2.36. The zero-order chi connectivity index (χ0) is 14.6. The number of carboxylic acid groups (broad SMARTS) is 1. The molecule has 2 N–H and O–H groups in total. The molecule has 1 aromatic carbocycles. The Morgan fingerprint density at radius 1 is 1.37 bits per heavy atom. The molecule has 1 aromatic rings. The first-order chi connectivity index (χ1) is 8.78. The molecule has 19 heavy (non-hydrogen) atoms. The van der Waals surface area contributed by atoms with Crippen LogP contribution in [0.4, 0.5) is 10.5 Å². The maximum atomic E-state index is 12.2. The zero-order valence-electron chi connectivity index (χ0n) is 11.7. The van der Waals surface area contributed by atoms with Crippen LogP contribution >= 0.6 is 0 Å². The molecule has 0 unspecified atom stereocenters. The molecule has 0 aliphatic heterocycles. The third-order valence-electron chi connectivity index (χ3n) is 3.03. The van der Waals surface area contributed by atoms with Crippen LogP contribution in [0.3, 0.4) is 0 Å². The lowest BCUT2D eigenvalue weighted by atomic mass is 10.0. The monoisotopic (exact) mass is 264 g/mol. The van der Waals surface area contributed by atoms with Crippen LogP contribution < -0.4 is 5.32 Å². The Labute approximate surface area is 113 Å². The number of amides is 2. The van der Waals surface area contributed by atoms with E-state index < -0.39 is 17.5 Å². The minimum Gasteiger partial charge on any atom is -0.480 e. The summed E-state index contributed by atoms with van der Waals surface area (Å²) in [6.45, 7) is 7.01. The third kappa shape index (κ3) is 3.47. The van der Waals surface area contributed by atoms with Crippen LogP contribution in [-0.2, 0) is 4.79 Å². The molecule has 2 amide bonds. The van der Waals surface area contributed by atoms with Crippen LogP contribution in [0.15, 0.2) is 24.3 Å². The molecule has 0 fully saturated rings. The smallest absolute Gasteiger partial charge is 0.329 e. The first-order valence-electron chi connectivity index (χ1n) is 6.17. The quantitative estimate of drug-likeness (QED) is 0.878. The number of rotatable bonds is 4. The number of hydrogen-bond acceptors (Lipinski definition) is 2. The summed E-state index contributed by atoms with van der Waals surface area (Å²) in [5.41, 5.74) is 0.436. The van der Waals surface area contributed by atoms with E-state index in [1.54, 1.807) is 13.0 Å². The fourth-order valence-electron chi connectivity index (χ4n) is 1.82. The summed E-state index contributed by atoms with van der Waals surface area (Å²) in [5.74, 6) is -1.03. The molecule has 1 rings (SSSR count). The van der Waals surface area contributed by atoms with E-state index in [-0.39, 0.29) is 0 Å². The van der Waals surface area contributed by atoms with Crippen molar-refractivity contribution in [2.75, 3.05) is 11.9 Å². The molecule has 0 bridgehead atoms. The number of likely N-dealkylation sites (N-methyl/N-ethyl adjacent to an activating group) is 1. The van der Waals surface area contributed by atoms with Crippen molar-refractivity contribution in [2.24, 2.45) is 0 Å². The highest BCUT2D eigenvalue weighted by atomic mass is 16.4. The number of benzene rings is 1. The Morgan fingerprint density at radius 3 is 2.47 bits per heavy atom. The summed E-state index contributed by atoms with van der Waals surface area (Å²) < 4.78 is 0. The van der Waals surface area contributed by atoms with E-state index in [0.717, 1.165) is 5.56 Å². The molecule has 0 saturated heterocycles. The molecule has 5 heteroatoms. The number of aryl methyl sites for hydroxylation is 1. The van der Waals surface area contributed by atoms with Gasteiger partial charge in [0.1, 0.15) is 5.54 Å². The van der Waals surface area contributed by atoms with Gasteiger partial charge in [-0.2, -0.15) is 0 Å². The van der Waals surface area contributed by atoms with Crippen molar-refractivity contribution < 1.29 is 14.7 Å². The fourth-order valence-corrected chi connectivity index (χ4v) is 1.82. The van der Waals surface area contributed by atoms with Gasteiger partial charge in [-0.3, -0.25) is 0 Å². The van der Waals surface area contributed by atoms with Crippen molar-refractivity contribution in [2.45, 2.75) is 33.2 Å². The van der Waals surface area contributed by atoms with Gasteiger partial charge in [0.2, 0.25) is 0 Å². The van der Waals surface area contributed by atoms with Gasteiger partial charge in [0, 0.05) is 12.2 Å². The summed E-state index contributed by atoms with van der Waals surface area (Å²) in [4.78, 5) is 24.7. The molecule has 0 radical (unpaired) electrons. The van der Waals surface area contributed by atoms with Gasteiger partial charge < -0.3 is 15.3 Å². The average Bonchev–Trinajstić information content (AvgIpc) is 2.29. The van der Waals surface area contributed by atoms with E-state index in [0.29, 0.717) is 12.2 Å². The number of anilines is 1. The molecule has 104 valence electrons. The van der Waals surface area contributed by atoms with Gasteiger partial charge in [0.25, 0.3) is 0 Å². The van der Waals surface area contributed by atoms with Gasteiger partial charge in [0.05, 0.1) is 0 Å². The second-order valence-corrected chi connectivity index (χ2v) is 4.91. The largest absolute Gasteiger partial charge is 0.480 e. The van der Waals surface area contributed by atoms with E-state index in [1.165, 1.54) is 18.7 Å². The topological polar surface area (TPSA) is 69.6 Å². The number of urea groups is 1. The van der Waals surface area contributed by atoms with E-state index in [4.69, 9.17) is 0 Å². The van der Waals surface area contributed by atoms with Crippen molar-refractivity contribution in [3.8, 4) is 0 Å². The number of carboxylic acids is 1. The Morgan fingerprint density at radius 2 is 2.00 bits per heavy atom. The number of carbonyl (C=O) groups is 2. The van der Waals surface area contributed by atoms with Crippen molar-refractivity contribution in [3.05, 3.63) is 29.8 Å². The molecular weight excluding hydrogens is 244 g/mol. The van der Waals surface area contributed by atoms with Crippen LogP contribution in [-0.4, -0.2) is 34.1 Å². The van der Waals surface area contributed by atoms with Crippen LogP contribution in [0.1, 0.15) is 26.3 Å². The molecule has 0 aliphatic carbocycles. The van der Waals surface area contributed by atoms with E-state index in [2.05, 4.69) is 5.32 Å². The van der Waals surface area contributed by atoms with Crippen LogP contribution in [0, 0.1) is 6.92 Å². The maximum absolute atomic E-state index is 12.2. The number of carbonyl (C=O) groups excluding carboxylic acids is 1. The first kappa shape index (κ1) is 15.0. The second-order valence-electron chi connectivity index (χ2n) is 4.91. The van der Waals surface area contributed by atoms with Crippen LogP contribution in [0.2, 0.25) is 0 Å². The van der Waals surface area contributed by atoms with Gasteiger partial charge in [-0.1, -0.05) is 12.1 Å². The standard InChI is InChI=1S/C14H20N2O3/c1-5-16(14(3,4)12(17)18)13(19)15-11-8-6-7-10(2)9-11/h6-9H,5H2,1-4H3,(H,15,19)(H,17,18). The number of nitrogens with zero attached hydrogens (tertiary/aromatic N) is 1. The fraction of sp³-hybridized carbons (Fsp3) is 0.429. The Bertz CT molecular complexity index is 483. The summed E-state index contributed by atoms with van der Waals surface area (Å²) in [6.07, 6.45) is 0. The number of nitrogens with one attached hydrogen (secondary N) is 1. The Balaban J connectivity index is 2.89. The molecule has 0 spiro atoms.